The van der Waals surface area contributed by atoms with Gasteiger partial charge in [0, 0.05) is 10.5 Å². The van der Waals surface area contributed by atoms with Gasteiger partial charge in [0.2, 0.25) is 10.0 Å². The number of nitrogens with one attached hydrogen (secondary N) is 1. The van der Waals surface area contributed by atoms with Crippen LogP contribution in [-0.2, 0) is 10.0 Å². The maximum atomic E-state index is 11.4. The van der Waals surface area contributed by atoms with E-state index in [2.05, 4.69) is 26.2 Å². The molecule has 3 N–H and O–H groups in total. The van der Waals surface area contributed by atoms with Crippen LogP contribution in [-0.4, -0.2) is 19.4 Å². The lowest BCUT2D eigenvalue weighted by Crippen LogP contribution is -2.19. The smallest absolute Gasteiger partial charge is 0.241 e. The van der Waals surface area contributed by atoms with Crippen LogP contribution in [0.5, 0.6) is 0 Å². The third-order valence-electron chi connectivity index (χ3n) is 1.85. The highest BCUT2D eigenvalue weighted by Crippen LogP contribution is 2.25. The van der Waals surface area contributed by atoms with Crippen LogP contribution in [0.1, 0.15) is 19.5 Å². The van der Waals surface area contributed by atoms with Crippen LogP contribution < -0.4 is 10.5 Å². The van der Waals surface area contributed by atoms with Gasteiger partial charge in [-0.3, -0.25) is 0 Å². The lowest BCUT2D eigenvalue weighted by molar-refractivity contribution is 0.597. The molecule has 7 heteroatoms. The number of rotatable bonds is 3. The zero-order chi connectivity index (χ0) is 12.5. The molecule has 0 aliphatic heterocycles. The summed E-state index contributed by atoms with van der Waals surface area (Å²) in [6.07, 6.45) is 0. The van der Waals surface area contributed by atoms with Crippen LogP contribution in [0.4, 0.5) is 5.82 Å². The summed E-state index contributed by atoms with van der Waals surface area (Å²) in [7, 11) is -3.77. The SMILES string of the molecule is Cc1nc(NC(C)C)c(S(N)(=O)=O)cc1Br. The van der Waals surface area contributed by atoms with E-state index in [9.17, 15) is 8.42 Å². The number of halogens is 1. The number of pyridine rings is 1. The van der Waals surface area contributed by atoms with Gasteiger partial charge in [-0.15, -0.1) is 0 Å². The van der Waals surface area contributed by atoms with Gasteiger partial charge in [-0.25, -0.2) is 18.5 Å². The molecule has 0 saturated carbocycles. The van der Waals surface area contributed by atoms with Crippen molar-refractivity contribution in [3.8, 4) is 0 Å². The number of nitrogens with two attached hydrogens (primary N) is 1. The van der Waals surface area contributed by atoms with Crippen LogP contribution in [0.2, 0.25) is 0 Å². The van der Waals surface area contributed by atoms with Gasteiger partial charge in [-0.2, -0.15) is 0 Å². The van der Waals surface area contributed by atoms with Crippen molar-refractivity contribution in [2.24, 2.45) is 5.14 Å². The van der Waals surface area contributed by atoms with Crippen molar-refractivity contribution in [3.63, 3.8) is 0 Å². The van der Waals surface area contributed by atoms with E-state index < -0.39 is 10.0 Å². The van der Waals surface area contributed by atoms with Crippen molar-refractivity contribution < 1.29 is 8.42 Å². The highest BCUT2D eigenvalue weighted by atomic mass is 79.9. The molecule has 1 heterocycles. The average molecular weight is 308 g/mol. The molecule has 0 unspecified atom stereocenters. The molecule has 0 aliphatic carbocycles. The topological polar surface area (TPSA) is 85.1 Å². The minimum absolute atomic E-state index is 0.00123. The van der Waals surface area contributed by atoms with Gasteiger partial charge in [0.15, 0.2) is 0 Å². The molecule has 0 aliphatic rings. The van der Waals surface area contributed by atoms with E-state index in [-0.39, 0.29) is 10.9 Å². The number of aryl methyl sites for hydroxylation is 1. The van der Waals surface area contributed by atoms with E-state index in [1.165, 1.54) is 6.07 Å². The molecule has 0 bridgehead atoms. The summed E-state index contributed by atoms with van der Waals surface area (Å²) in [6.45, 7) is 5.57. The second-order valence-electron chi connectivity index (χ2n) is 3.75. The summed E-state index contributed by atoms with van der Waals surface area (Å²) in [5.74, 6) is 0.290. The molecule has 16 heavy (non-hydrogen) atoms. The van der Waals surface area contributed by atoms with Crippen molar-refractivity contribution in [1.29, 1.82) is 0 Å². The molecule has 0 radical (unpaired) electrons. The Balaban J connectivity index is 3.40. The highest BCUT2D eigenvalue weighted by molar-refractivity contribution is 9.10. The van der Waals surface area contributed by atoms with Crippen LogP contribution in [0.15, 0.2) is 15.4 Å². The summed E-state index contributed by atoms with van der Waals surface area (Å²) in [6, 6.07) is 1.54. The minimum atomic E-state index is -3.77. The highest BCUT2D eigenvalue weighted by Gasteiger charge is 2.17. The molecule has 1 aromatic heterocycles. The minimum Gasteiger partial charge on any atom is -0.367 e. The van der Waals surface area contributed by atoms with Gasteiger partial charge in [-0.1, -0.05) is 0 Å². The van der Waals surface area contributed by atoms with Gasteiger partial charge in [0.1, 0.15) is 10.7 Å². The van der Waals surface area contributed by atoms with Gasteiger partial charge in [-0.05, 0) is 42.8 Å². The Morgan fingerprint density at radius 1 is 1.50 bits per heavy atom. The molecule has 0 fully saturated rings. The first-order chi connectivity index (χ1) is 7.21. The zero-order valence-corrected chi connectivity index (χ0v) is 11.7. The van der Waals surface area contributed by atoms with Crippen molar-refractivity contribution in [1.82, 2.24) is 4.98 Å². The van der Waals surface area contributed by atoms with Crippen LogP contribution in [0, 0.1) is 6.92 Å². The van der Waals surface area contributed by atoms with E-state index in [0.29, 0.717) is 16.0 Å². The van der Waals surface area contributed by atoms with Crippen molar-refractivity contribution in [2.75, 3.05) is 5.32 Å². The van der Waals surface area contributed by atoms with Gasteiger partial charge in [0.25, 0.3) is 0 Å². The van der Waals surface area contributed by atoms with Gasteiger partial charge in [0.05, 0.1) is 5.69 Å². The van der Waals surface area contributed by atoms with Crippen molar-refractivity contribution in [3.05, 3.63) is 16.2 Å². The number of nitrogens with zero attached hydrogens (tertiary/aromatic N) is 1. The summed E-state index contributed by atoms with van der Waals surface area (Å²) in [5, 5.41) is 8.08. The summed E-state index contributed by atoms with van der Waals surface area (Å²) in [5.41, 5.74) is 0.704. The Labute approximate surface area is 104 Å². The molecular formula is C9H14BrN3O2S. The maximum absolute atomic E-state index is 11.4. The monoisotopic (exact) mass is 307 g/mol. The number of primary sulfonamides is 1. The van der Waals surface area contributed by atoms with Crippen LogP contribution in [0.25, 0.3) is 0 Å². The third kappa shape index (κ3) is 3.16. The zero-order valence-electron chi connectivity index (χ0n) is 9.28. The molecule has 0 saturated heterocycles. The summed E-state index contributed by atoms with van der Waals surface area (Å²) < 4.78 is 23.4. The molecule has 0 amide bonds. The molecule has 90 valence electrons. The predicted octanol–water partition coefficient (Wildman–Crippen LogP) is 1.62. The predicted molar refractivity (Wildman–Crippen MR) is 66.8 cm³/mol. The Morgan fingerprint density at radius 2 is 2.06 bits per heavy atom. The first kappa shape index (κ1) is 13.4. The van der Waals surface area contributed by atoms with Crippen LogP contribution >= 0.6 is 15.9 Å². The van der Waals surface area contributed by atoms with E-state index >= 15 is 0 Å². The molecule has 0 atom stereocenters. The number of hydrogen-bond acceptors (Lipinski definition) is 4. The third-order valence-corrected chi connectivity index (χ3v) is 3.58. The summed E-state index contributed by atoms with van der Waals surface area (Å²) in [4.78, 5) is 4.16. The second kappa shape index (κ2) is 4.68. The Kier molecular flexibility index (Phi) is 3.92. The van der Waals surface area contributed by atoms with E-state index in [4.69, 9.17) is 5.14 Å². The largest absolute Gasteiger partial charge is 0.367 e. The lowest BCUT2D eigenvalue weighted by Gasteiger charge is -2.14. The first-order valence-electron chi connectivity index (χ1n) is 4.68. The van der Waals surface area contributed by atoms with Crippen LogP contribution in [0.3, 0.4) is 0 Å². The number of aromatic nitrogens is 1. The van der Waals surface area contributed by atoms with E-state index in [1.807, 2.05) is 13.8 Å². The fourth-order valence-electron chi connectivity index (χ4n) is 1.16. The molecular weight excluding hydrogens is 294 g/mol. The Morgan fingerprint density at radius 3 is 2.50 bits per heavy atom. The van der Waals surface area contributed by atoms with Gasteiger partial charge < -0.3 is 5.32 Å². The number of anilines is 1. The quantitative estimate of drug-likeness (QED) is 0.888. The van der Waals surface area contributed by atoms with Gasteiger partial charge >= 0.3 is 0 Å². The molecule has 1 aromatic rings. The summed E-state index contributed by atoms with van der Waals surface area (Å²) >= 11 is 3.23. The maximum Gasteiger partial charge on any atom is 0.241 e. The molecule has 5 nitrogen and oxygen atoms in total. The average Bonchev–Trinajstić information content (AvgIpc) is 2.08. The van der Waals surface area contributed by atoms with Crippen molar-refractivity contribution >= 4 is 31.8 Å². The first-order valence-corrected chi connectivity index (χ1v) is 7.02. The fraction of sp³-hybridized carbons (Fsp3) is 0.444. The second-order valence-corrected chi connectivity index (χ2v) is 6.13. The molecule has 0 spiro atoms. The Bertz CT molecular complexity index is 500. The lowest BCUT2D eigenvalue weighted by atomic mass is 10.3. The Hall–Kier alpha value is -0.660. The number of sulfonamides is 1. The normalized spacial score (nSPS) is 11.9. The van der Waals surface area contributed by atoms with E-state index in [1.54, 1.807) is 6.92 Å². The molecule has 1 rings (SSSR count). The van der Waals surface area contributed by atoms with E-state index in [0.717, 1.165) is 0 Å². The standard InChI is InChI=1S/C9H14BrN3O2S/c1-5(2)12-9-8(16(11,14)15)4-7(10)6(3)13-9/h4-5H,1-3H3,(H,12,13)(H2,11,14,15). The number of hydrogen-bond donors (Lipinski definition) is 2. The van der Waals surface area contributed by atoms with Crippen molar-refractivity contribution in [2.45, 2.75) is 31.7 Å². The fourth-order valence-corrected chi connectivity index (χ4v) is 2.28. The molecule has 0 aromatic carbocycles.